The molecule has 1 aliphatic heterocycles. The highest BCUT2D eigenvalue weighted by Gasteiger charge is 2.36. The van der Waals surface area contributed by atoms with Crippen LogP contribution in [0.3, 0.4) is 0 Å². The van der Waals surface area contributed by atoms with Crippen molar-refractivity contribution in [3.63, 3.8) is 0 Å². The number of halogens is 3. The summed E-state index contributed by atoms with van der Waals surface area (Å²) in [5.74, 6) is -1.14. The van der Waals surface area contributed by atoms with E-state index in [1.807, 2.05) is 0 Å². The lowest BCUT2D eigenvalue weighted by Gasteiger charge is -2.24. The topological polar surface area (TPSA) is 85.8 Å². The summed E-state index contributed by atoms with van der Waals surface area (Å²) in [5, 5.41) is 0. The van der Waals surface area contributed by atoms with Crippen LogP contribution in [-0.2, 0) is 6.18 Å². The Hall–Kier alpha value is -3.82. The molecule has 0 saturated heterocycles. The molecule has 0 fully saturated rings. The monoisotopic (exact) mass is 431 g/mol. The molecule has 1 atom stereocenters. The Bertz CT molecular complexity index is 1500. The van der Waals surface area contributed by atoms with Gasteiger partial charge in [0.25, 0.3) is 5.91 Å². The number of nitrogens with two attached hydrogens (primary N) is 1. The smallest absolute Gasteiger partial charge is 0.416 e. The number of rotatable bonds is 2. The van der Waals surface area contributed by atoms with Crippen LogP contribution in [0.15, 0.2) is 48.9 Å². The maximum absolute atomic E-state index is 13.5. The first kappa shape index (κ1) is 15.1. The summed E-state index contributed by atoms with van der Waals surface area (Å²) in [6.45, 7) is -3.78. The van der Waals surface area contributed by atoms with E-state index in [0.29, 0.717) is 27.5 Å². The summed E-state index contributed by atoms with van der Waals surface area (Å²) in [7, 11) is 0. The molecule has 1 aliphatic rings. The SMILES string of the molecule is [2H]C([2H])([2H])N(C(=O)c1ccc2nc(N)c3cncn3c2c1)C1([2H])COc2cc(C(F)(F)F)ccc21. The average Bonchev–Trinajstić information content (AvgIpc) is 3.38. The number of carbonyl (C=O) groups excluding carboxylic acids is 1. The predicted molar refractivity (Wildman–Crippen MR) is 107 cm³/mol. The van der Waals surface area contributed by atoms with Gasteiger partial charge in [0.2, 0.25) is 0 Å². The fourth-order valence-electron chi connectivity index (χ4n) is 3.52. The van der Waals surface area contributed by atoms with Crippen LogP contribution in [0.5, 0.6) is 5.75 Å². The molecule has 1 amide bonds. The molecule has 7 nitrogen and oxygen atoms in total. The highest BCUT2D eigenvalue weighted by molar-refractivity contribution is 5.98. The van der Waals surface area contributed by atoms with E-state index >= 15 is 0 Å². The third-order valence-electron chi connectivity index (χ3n) is 5.08. The number of alkyl halides is 3. The Balaban J connectivity index is 1.62. The van der Waals surface area contributed by atoms with Crippen molar-refractivity contribution in [2.75, 3.05) is 19.3 Å². The Morgan fingerprint density at radius 2 is 2.16 bits per heavy atom. The highest BCUT2D eigenvalue weighted by Crippen LogP contribution is 2.40. The number of hydrogen-bond donors (Lipinski definition) is 1. The first-order chi connectivity index (χ1) is 16.3. The average molecular weight is 431 g/mol. The third-order valence-corrected chi connectivity index (χ3v) is 5.08. The number of nitrogens with zero attached hydrogens (tertiary/aromatic N) is 4. The van der Waals surface area contributed by atoms with Gasteiger partial charge >= 0.3 is 6.18 Å². The molecule has 2 N–H and O–H groups in total. The number of imidazole rings is 1. The number of fused-ring (bicyclic) bond motifs is 4. The van der Waals surface area contributed by atoms with E-state index in [0.717, 1.165) is 12.1 Å². The van der Waals surface area contributed by atoms with Gasteiger partial charge in [0.1, 0.15) is 23.7 Å². The standard InChI is InChI=1S/C21H16F3N5O2/c1-28(17-9-31-18-7-12(21(22,23)24)3-4-13(17)18)20(30)11-2-5-14-15(6-11)29-10-26-8-16(29)19(25)27-14/h2-8,10,17H,9H2,1H3,(H2,25,27)/i1D3,17D. The van der Waals surface area contributed by atoms with Crippen molar-refractivity contribution in [3.05, 3.63) is 65.6 Å². The highest BCUT2D eigenvalue weighted by atomic mass is 19.4. The molecule has 5 rings (SSSR count). The van der Waals surface area contributed by atoms with E-state index in [4.69, 9.17) is 16.0 Å². The molecular weight excluding hydrogens is 411 g/mol. The Morgan fingerprint density at radius 3 is 2.94 bits per heavy atom. The van der Waals surface area contributed by atoms with Gasteiger partial charge in [-0.2, -0.15) is 13.2 Å². The van der Waals surface area contributed by atoms with Gasteiger partial charge in [0.15, 0.2) is 0 Å². The zero-order chi connectivity index (χ0) is 25.3. The Morgan fingerprint density at radius 1 is 1.32 bits per heavy atom. The first-order valence-electron chi connectivity index (χ1n) is 11.0. The number of anilines is 1. The normalized spacial score (nSPS) is 20.5. The van der Waals surface area contributed by atoms with Gasteiger partial charge in [-0.3, -0.25) is 9.20 Å². The summed E-state index contributed by atoms with van der Waals surface area (Å²) in [4.78, 5) is 22.2. The fourth-order valence-corrected chi connectivity index (χ4v) is 3.52. The number of benzene rings is 2. The van der Waals surface area contributed by atoms with Crippen LogP contribution in [-0.4, -0.2) is 38.8 Å². The minimum atomic E-state index is -4.66. The van der Waals surface area contributed by atoms with Crippen LogP contribution in [0, 0.1) is 0 Å². The number of carbonyl (C=O) groups is 1. The number of ether oxygens (including phenoxy) is 1. The molecule has 2 aromatic heterocycles. The molecule has 0 bridgehead atoms. The minimum absolute atomic E-state index is 0.0813. The fraction of sp³-hybridized carbons (Fsp3) is 0.190. The third kappa shape index (κ3) is 3.02. The molecular formula is C21H16F3N5O2. The number of likely N-dealkylation sites (N-methyl/N-ethyl adjacent to an activating group) is 1. The van der Waals surface area contributed by atoms with Gasteiger partial charge in [-0.05, 0) is 30.3 Å². The summed E-state index contributed by atoms with van der Waals surface area (Å²) in [5.41, 5.74) is 5.97. The second-order valence-electron chi connectivity index (χ2n) is 6.93. The van der Waals surface area contributed by atoms with Crippen molar-refractivity contribution in [2.45, 2.75) is 12.2 Å². The molecule has 31 heavy (non-hydrogen) atoms. The summed E-state index contributed by atoms with van der Waals surface area (Å²) < 4.78 is 79.0. The van der Waals surface area contributed by atoms with Gasteiger partial charge in [-0.25, -0.2) is 9.97 Å². The van der Waals surface area contributed by atoms with Gasteiger partial charge < -0.3 is 15.4 Å². The molecule has 4 aromatic rings. The van der Waals surface area contributed by atoms with E-state index in [1.54, 1.807) is 4.40 Å². The van der Waals surface area contributed by atoms with Crippen LogP contribution in [0.25, 0.3) is 16.6 Å². The second kappa shape index (κ2) is 6.59. The molecule has 3 heterocycles. The van der Waals surface area contributed by atoms with E-state index < -0.39 is 37.2 Å². The predicted octanol–water partition coefficient (Wildman–Crippen LogP) is 3.69. The number of amides is 1. The Labute approximate surface area is 179 Å². The summed E-state index contributed by atoms with van der Waals surface area (Å²) in [6.07, 6.45) is -1.73. The largest absolute Gasteiger partial charge is 0.491 e. The van der Waals surface area contributed by atoms with Crippen LogP contribution in [0.4, 0.5) is 19.0 Å². The zero-order valence-corrected chi connectivity index (χ0v) is 15.6. The lowest BCUT2D eigenvalue weighted by molar-refractivity contribution is -0.137. The van der Waals surface area contributed by atoms with Crippen molar-refractivity contribution in [1.29, 1.82) is 0 Å². The first-order valence-corrected chi connectivity index (χ1v) is 9.01. The van der Waals surface area contributed by atoms with Gasteiger partial charge in [0.05, 0.1) is 36.5 Å². The van der Waals surface area contributed by atoms with Crippen molar-refractivity contribution in [3.8, 4) is 5.75 Å². The lowest BCUT2D eigenvalue weighted by atomic mass is 10.0. The van der Waals surface area contributed by atoms with E-state index in [9.17, 15) is 18.0 Å². The summed E-state index contributed by atoms with van der Waals surface area (Å²) in [6, 6.07) is 4.28. The molecule has 0 radical (unpaired) electrons. The van der Waals surface area contributed by atoms with Crippen LogP contribution < -0.4 is 10.5 Å². The minimum Gasteiger partial charge on any atom is -0.491 e. The molecule has 10 heteroatoms. The number of hydrogen-bond acceptors (Lipinski definition) is 5. The maximum atomic E-state index is 13.5. The van der Waals surface area contributed by atoms with Crippen molar-refractivity contribution >= 4 is 28.3 Å². The molecule has 158 valence electrons. The summed E-state index contributed by atoms with van der Waals surface area (Å²) >= 11 is 0. The molecule has 0 spiro atoms. The van der Waals surface area contributed by atoms with Crippen molar-refractivity contribution < 1.29 is 28.2 Å². The van der Waals surface area contributed by atoms with Crippen LogP contribution in [0.2, 0.25) is 0 Å². The molecule has 0 saturated carbocycles. The molecule has 2 aromatic carbocycles. The van der Waals surface area contributed by atoms with Crippen molar-refractivity contribution in [2.24, 2.45) is 0 Å². The van der Waals surface area contributed by atoms with Gasteiger partial charge in [-0.1, -0.05) is 6.07 Å². The lowest BCUT2D eigenvalue weighted by Crippen LogP contribution is -2.32. The quantitative estimate of drug-likeness (QED) is 0.523. The molecule has 1 unspecified atom stereocenters. The second-order valence-corrected chi connectivity index (χ2v) is 6.93. The Kier molecular flexibility index (Phi) is 3.20. The molecule has 0 aliphatic carbocycles. The zero-order valence-electron chi connectivity index (χ0n) is 19.6. The van der Waals surface area contributed by atoms with E-state index in [-0.39, 0.29) is 22.7 Å². The van der Waals surface area contributed by atoms with Gasteiger partial charge in [0, 0.05) is 22.2 Å². The van der Waals surface area contributed by atoms with Crippen molar-refractivity contribution in [1.82, 2.24) is 19.3 Å². The van der Waals surface area contributed by atoms with Gasteiger partial charge in [-0.15, -0.1) is 0 Å². The number of aromatic nitrogens is 3. The van der Waals surface area contributed by atoms with E-state index in [1.165, 1.54) is 30.7 Å². The van der Waals surface area contributed by atoms with Crippen LogP contribution >= 0.6 is 0 Å². The maximum Gasteiger partial charge on any atom is 0.416 e. The van der Waals surface area contributed by atoms with E-state index in [2.05, 4.69) is 9.97 Å². The van der Waals surface area contributed by atoms with Crippen LogP contribution in [0.1, 0.15) is 33.0 Å². The number of nitrogen functional groups attached to an aromatic ring is 1.